The molecule has 1 rings (SSSR count). The molecule has 23 heavy (non-hydrogen) atoms. The van der Waals surface area contributed by atoms with Crippen molar-refractivity contribution in [1.29, 1.82) is 0 Å². The summed E-state index contributed by atoms with van der Waals surface area (Å²) in [6.07, 6.45) is 4.74. The quantitative estimate of drug-likeness (QED) is 0.255. The van der Waals surface area contributed by atoms with E-state index in [0.717, 1.165) is 30.9 Å². The van der Waals surface area contributed by atoms with Crippen LogP contribution in [-0.4, -0.2) is 35.1 Å². The molecule has 0 unspecified atom stereocenters. The molecule has 0 aliphatic carbocycles. The number of carbonyl (C=O) groups is 1. The van der Waals surface area contributed by atoms with E-state index in [4.69, 9.17) is 13.6 Å². The van der Waals surface area contributed by atoms with E-state index in [1.807, 2.05) is 12.1 Å². The van der Waals surface area contributed by atoms with Gasteiger partial charge in [-0.1, -0.05) is 44.7 Å². The van der Waals surface area contributed by atoms with Crippen LogP contribution in [0.25, 0.3) is 0 Å². The minimum Gasteiger partial charge on any atom is -0.463 e. The first-order valence-corrected chi connectivity index (χ1v) is 9.54. The number of rotatable bonds is 12. The zero-order chi connectivity index (χ0) is 16.9. The molecule has 0 atom stereocenters. The highest BCUT2D eigenvalue weighted by molar-refractivity contribution is 6.61. The molecule has 0 aromatic heterocycles. The molecule has 0 aliphatic heterocycles. The Balaban J connectivity index is 2.68. The smallest absolute Gasteiger partial charge is 0.423 e. The van der Waals surface area contributed by atoms with Crippen LogP contribution in [0.4, 0.5) is 0 Å². The van der Waals surface area contributed by atoms with E-state index in [2.05, 4.69) is 32.6 Å². The lowest BCUT2D eigenvalue weighted by molar-refractivity contribution is -0.137. The van der Waals surface area contributed by atoms with Crippen LogP contribution in [0, 0.1) is 0 Å². The zero-order valence-electron chi connectivity index (χ0n) is 14.2. The number of hydrogen-bond acceptors (Lipinski definition) is 4. The summed E-state index contributed by atoms with van der Waals surface area (Å²) >= 11 is 0. The fourth-order valence-electron chi connectivity index (χ4n) is 2.02. The van der Waals surface area contributed by atoms with Crippen LogP contribution in [0.2, 0.25) is 0 Å². The Hall–Kier alpha value is -1.43. The summed E-state index contributed by atoms with van der Waals surface area (Å²) in [5, 5.41) is 1.16. The van der Waals surface area contributed by atoms with E-state index in [0.29, 0.717) is 19.8 Å². The average molecular weight is 335 g/mol. The molecule has 0 amide bonds. The van der Waals surface area contributed by atoms with Crippen molar-refractivity contribution in [3.05, 3.63) is 42.5 Å². The maximum Gasteiger partial charge on any atom is 0.423 e. The Labute approximate surface area is 141 Å². The molecule has 0 saturated heterocycles. The van der Waals surface area contributed by atoms with Gasteiger partial charge in [0.25, 0.3) is 0 Å². The highest BCUT2D eigenvalue weighted by Gasteiger charge is 2.21. The van der Waals surface area contributed by atoms with E-state index in [1.165, 1.54) is 11.6 Å². The van der Waals surface area contributed by atoms with E-state index in [9.17, 15) is 4.79 Å². The van der Waals surface area contributed by atoms with Gasteiger partial charge in [-0.25, -0.2) is 4.79 Å². The molecule has 0 saturated carbocycles. The highest BCUT2D eigenvalue weighted by Crippen LogP contribution is 2.06. The predicted molar refractivity (Wildman–Crippen MR) is 93.8 cm³/mol. The molecule has 5 heteroatoms. The number of benzene rings is 1. The molecule has 0 aliphatic rings. The summed E-state index contributed by atoms with van der Waals surface area (Å²) in [7, 11) is -1.46. The van der Waals surface area contributed by atoms with Crippen molar-refractivity contribution in [2.75, 3.05) is 19.8 Å². The lowest BCUT2D eigenvalue weighted by Gasteiger charge is -2.18. The number of ether oxygens (including phenoxy) is 1. The molecule has 1 aromatic rings. The van der Waals surface area contributed by atoms with Crippen LogP contribution in [0.1, 0.15) is 38.7 Å². The standard InChI is InChI=1S/C18H27O4Si/c1-4-13-21-23(22-14-5-2)17-12-8-7-10-16(17)11-9-15-20-18(19)6-3/h6-8,10,12H,3-5,9,11,13-15H2,1-2H3. The van der Waals surface area contributed by atoms with Gasteiger partial charge in [0.1, 0.15) is 0 Å². The Kier molecular flexibility index (Phi) is 10.3. The fourth-order valence-corrected chi connectivity index (χ4v) is 3.89. The van der Waals surface area contributed by atoms with Crippen LogP contribution in [0.3, 0.4) is 0 Å². The molecule has 0 heterocycles. The first-order valence-electron chi connectivity index (χ1n) is 8.22. The van der Waals surface area contributed by atoms with Gasteiger partial charge in [-0.05, 0) is 36.4 Å². The maximum absolute atomic E-state index is 11.1. The van der Waals surface area contributed by atoms with Crippen LogP contribution in [0.15, 0.2) is 36.9 Å². The van der Waals surface area contributed by atoms with Gasteiger partial charge in [-0.15, -0.1) is 0 Å². The summed E-state index contributed by atoms with van der Waals surface area (Å²) in [5.41, 5.74) is 1.21. The first-order chi connectivity index (χ1) is 11.2. The molecule has 127 valence electrons. The Morgan fingerprint density at radius 1 is 1.13 bits per heavy atom. The van der Waals surface area contributed by atoms with E-state index >= 15 is 0 Å². The Morgan fingerprint density at radius 2 is 1.78 bits per heavy atom. The SMILES string of the molecule is C=CC(=O)OCCCc1ccccc1[Si](OCCC)OCCC. The van der Waals surface area contributed by atoms with Crippen LogP contribution in [0.5, 0.6) is 0 Å². The van der Waals surface area contributed by atoms with E-state index < -0.39 is 9.28 Å². The third kappa shape index (κ3) is 7.59. The van der Waals surface area contributed by atoms with Gasteiger partial charge in [0.15, 0.2) is 0 Å². The minimum absolute atomic E-state index is 0.374. The highest BCUT2D eigenvalue weighted by atomic mass is 28.3. The summed E-state index contributed by atoms with van der Waals surface area (Å²) in [5.74, 6) is -0.374. The van der Waals surface area contributed by atoms with E-state index in [1.54, 1.807) is 0 Å². The lowest BCUT2D eigenvalue weighted by Crippen LogP contribution is -2.39. The van der Waals surface area contributed by atoms with Gasteiger partial charge in [0.05, 0.1) is 6.61 Å². The van der Waals surface area contributed by atoms with Crippen molar-refractivity contribution in [2.45, 2.75) is 39.5 Å². The topological polar surface area (TPSA) is 44.8 Å². The number of carbonyl (C=O) groups excluding carboxylic acids is 1. The van der Waals surface area contributed by atoms with Crippen molar-refractivity contribution < 1.29 is 18.4 Å². The van der Waals surface area contributed by atoms with Crippen molar-refractivity contribution in [3.8, 4) is 0 Å². The van der Waals surface area contributed by atoms with Gasteiger partial charge < -0.3 is 13.6 Å². The second-order valence-electron chi connectivity index (χ2n) is 5.12. The Morgan fingerprint density at radius 3 is 2.39 bits per heavy atom. The number of esters is 1. The largest absolute Gasteiger partial charge is 0.463 e. The number of hydrogen-bond donors (Lipinski definition) is 0. The van der Waals surface area contributed by atoms with Gasteiger partial charge >= 0.3 is 15.3 Å². The molecule has 0 bridgehead atoms. The summed E-state index contributed by atoms with van der Waals surface area (Å²) in [6.45, 7) is 9.40. The molecule has 0 N–H and O–H groups in total. The molecule has 0 spiro atoms. The average Bonchev–Trinajstić information content (AvgIpc) is 2.59. The summed E-state index contributed by atoms with van der Waals surface area (Å²) < 4.78 is 17.0. The van der Waals surface area contributed by atoms with Crippen molar-refractivity contribution >= 4 is 20.4 Å². The van der Waals surface area contributed by atoms with Crippen LogP contribution < -0.4 is 5.19 Å². The molecule has 4 nitrogen and oxygen atoms in total. The minimum atomic E-state index is -1.46. The maximum atomic E-state index is 11.1. The Bertz CT molecular complexity index is 468. The monoisotopic (exact) mass is 335 g/mol. The predicted octanol–water partition coefficient (Wildman–Crippen LogP) is 2.90. The van der Waals surface area contributed by atoms with Gasteiger partial charge in [0.2, 0.25) is 0 Å². The first kappa shape index (κ1) is 19.6. The van der Waals surface area contributed by atoms with Crippen LogP contribution >= 0.6 is 0 Å². The van der Waals surface area contributed by atoms with Crippen molar-refractivity contribution in [3.63, 3.8) is 0 Å². The van der Waals surface area contributed by atoms with E-state index in [-0.39, 0.29) is 5.97 Å². The summed E-state index contributed by atoms with van der Waals surface area (Å²) in [6, 6.07) is 8.23. The molecular weight excluding hydrogens is 308 g/mol. The molecular formula is C18H27O4Si. The molecule has 1 aromatic carbocycles. The third-order valence-electron chi connectivity index (χ3n) is 3.11. The van der Waals surface area contributed by atoms with Crippen LogP contribution in [-0.2, 0) is 24.8 Å². The normalized spacial score (nSPS) is 10.7. The lowest BCUT2D eigenvalue weighted by atomic mass is 10.1. The second-order valence-corrected chi connectivity index (χ2v) is 6.81. The number of aryl methyl sites for hydroxylation is 1. The third-order valence-corrected chi connectivity index (χ3v) is 4.97. The second kappa shape index (κ2) is 12.0. The van der Waals surface area contributed by atoms with Crippen molar-refractivity contribution in [1.82, 2.24) is 0 Å². The molecule has 1 radical (unpaired) electrons. The van der Waals surface area contributed by atoms with Crippen molar-refractivity contribution in [2.24, 2.45) is 0 Å². The van der Waals surface area contributed by atoms with Gasteiger partial charge in [-0.2, -0.15) is 0 Å². The molecule has 0 fully saturated rings. The fraction of sp³-hybridized carbons (Fsp3) is 0.500. The van der Waals surface area contributed by atoms with Gasteiger partial charge in [0, 0.05) is 19.3 Å². The zero-order valence-corrected chi connectivity index (χ0v) is 15.2. The summed E-state index contributed by atoms with van der Waals surface area (Å²) in [4.78, 5) is 11.1. The van der Waals surface area contributed by atoms with Gasteiger partial charge in [-0.3, -0.25) is 0 Å².